The van der Waals surface area contributed by atoms with Gasteiger partial charge in [0.1, 0.15) is 0 Å². The van der Waals surface area contributed by atoms with Gasteiger partial charge in [0.2, 0.25) is 0 Å². The molecule has 14 heavy (non-hydrogen) atoms. The van der Waals surface area contributed by atoms with E-state index < -0.39 is 0 Å². The van der Waals surface area contributed by atoms with Crippen molar-refractivity contribution in [2.75, 3.05) is 14.2 Å². The van der Waals surface area contributed by atoms with Gasteiger partial charge in [0.15, 0.2) is 11.6 Å². The summed E-state index contributed by atoms with van der Waals surface area (Å²) in [7, 11) is 3.25. The molecule has 0 heterocycles. The number of methoxy groups -OCH3 is 1. The molecule has 1 unspecified atom stereocenters. The average molecular weight is 195 g/mol. The van der Waals surface area contributed by atoms with Gasteiger partial charge in [-0.05, 0) is 24.7 Å². The molecular formula is C11H14FNO. The molecule has 76 valence electrons. The summed E-state index contributed by atoms with van der Waals surface area (Å²) >= 11 is 0. The van der Waals surface area contributed by atoms with E-state index in [-0.39, 0.29) is 17.6 Å². The monoisotopic (exact) mass is 195 g/mol. The first-order valence-electron chi connectivity index (χ1n) is 4.36. The zero-order chi connectivity index (χ0) is 10.6. The molecule has 0 aromatic heterocycles. The Morgan fingerprint density at radius 3 is 2.71 bits per heavy atom. The summed E-state index contributed by atoms with van der Waals surface area (Å²) in [5.41, 5.74) is 0.834. The van der Waals surface area contributed by atoms with Gasteiger partial charge in [0.05, 0.1) is 13.2 Å². The summed E-state index contributed by atoms with van der Waals surface area (Å²) in [6.45, 7) is 3.66. The van der Waals surface area contributed by atoms with Crippen molar-refractivity contribution in [3.05, 3.63) is 42.2 Å². The lowest BCUT2D eigenvalue weighted by Gasteiger charge is -2.12. The van der Waals surface area contributed by atoms with Crippen molar-refractivity contribution in [3.8, 4) is 5.75 Å². The van der Waals surface area contributed by atoms with E-state index in [1.54, 1.807) is 19.2 Å². The minimum Gasteiger partial charge on any atom is -0.494 e. The highest BCUT2D eigenvalue weighted by Crippen LogP contribution is 2.21. The fourth-order valence-corrected chi connectivity index (χ4v) is 1.30. The Morgan fingerprint density at radius 2 is 2.29 bits per heavy atom. The maximum Gasteiger partial charge on any atom is 0.165 e. The van der Waals surface area contributed by atoms with E-state index in [4.69, 9.17) is 4.74 Å². The van der Waals surface area contributed by atoms with Crippen molar-refractivity contribution in [1.82, 2.24) is 5.32 Å². The van der Waals surface area contributed by atoms with Crippen molar-refractivity contribution in [2.24, 2.45) is 0 Å². The fourth-order valence-electron chi connectivity index (χ4n) is 1.30. The minimum absolute atomic E-state index is 0.0320. The van der Waals surface area contributed by atoms with E-state index >= 15 is 0 Å². The summed E-state index contributed by atoms with van der Waals surface area (Å²) in [6, 6.07) is 4.83. The zero-order valence-electron chi connectivity index (χ0n) is 8.38. The van der Waals surface area contributed by atoms with E-state index in [1.165, 1.54) is 13.2 Å². The second-order valence-corrected chi connectivity index (χ2v) is 2.90. The molecule has 1 N–H and O–H groups in total. The molecule has 0 fully saturated rings. The predicted molar refractivity (Wildman–Crippen MR) is 54.9 cm³/mol. The number of rotatable bonds is 4. The number of hydrogen-bond donors (Lipinski definition) is 1. The molecule has 0 amide bonds. The summed E-state index contributed by atoms with van der Waals surface area (Å²) in [5.74, 6) is -0.0974. The van der Waals surface area contributed by atoms with Gasteiger partial charge in [-0.25, -0.2) is 4.39 Å². The van der Waals surface area contributed by atoms with E-state index in [9.17, 15) is 4.39 Å². The number of likely N-dealkylation sites (N-methyl/N-ethyl adjacent to an activating group) is 1. The summed E-state index contributed by atoms with van der Waals surface area (Å²) in [4.78, 5) is 0. The minimum atomic E-state index is -0.355. The fraction of sp³-hybridized carbons (Fsp3) is 0.273. The Labute approximate surface area is 83.4 Å². The summed E-state index contributed by atoms with van der Waals surface area (Å²) < 4.78 is 18.1. The molecule has 0 bridgehead atoms. The number of nitrogens with one attached hydrogen (secondary N) is 1. The van der Waals surface area contributed by atoms with Crippen LogP contribution in [0.15, 0.2) is 30.9 Å². The normalized spacial score (nSPS) is 12.2. The van der Waals surface area contributed by atoms with Gasteiger partial charge in [-0.1, -0.05) is 12.1 Å². The molecule has 3 heteroatoms. The van der Waals surface area contributed by atoms with Crippen LogP contribution in [0.25, 0.3) is 0 Å². The van der Waals surface area contributed by atoms with Crippen LogP contribution in [0.1, 0.15) is 11.6 Å². The van der Waals surface area contributed by atoms with Crippen LogP contribution < -0.4 is 10.1 Å². The van der Waals surface area contributed by atoms with Crippen LogP contribution in [0.5, 0.6) is 5.75 Å². The SMILES string of the molecule is C=CC(NC)c1ccc(OC)c(F)c1. The first kappa shape index (κ1) is 10.7. The molecule has 0 saturated heterocycles. The largest absolute Gasteiger partial charge is 0.494 e. The third-order valence-corrected chi connectivity index (χ3v) is 2.08. The first-order chi connectivity index (χ1) is 6.72. The molecule has 0 radical (unpaired) electrons. The smallest absolute Gasteiger partial charge is 0.165 e. The lowest BCUT2D eigenvalue weighted by Crippen LogP contribution is -2.13. The van der Waals surface area contributed by atoms with E-state index in [2.05, 4.69) is 11.9 Å². The third kappa shape index (κ3) is 2.12. The van der Waals surface area contributed by atoms with Crippen LogP contribution in [0.4, 0.5) is 4.39 Å². The standard InChI is InChI=1S/C11H14FNO/c1-4-10(13-2)8-5-6-11(14-3)9(12)7-8/h4-7,10,13H,1H2,2-3H3. The van der Waals surface area contributed by atoms with Crippen LogP contribution in [0.3, 0.4) is 0 Å². The Kier molecular flexibility index (Phi) is 3.65. The van der Waals surface area contributed by atoms with Gasteiger partial charge < -0.3 is 10.1 Å². The van der Waals surface area contributed by atoms with Crippen LogP contribution in [-0.2, 0) is 0 Å². The van der Waals surface area contributed by atoms with Gasteiger partial charge >= 0.3 is 0 Å². The van der Waals surface area contributed by atoms with Crippen LogP contribution in [0.2, 0.25) is 0 Å². The molecule has 0 aliphatic carbocycles. The quantitative estimate of drug-likeness (QED) is 0.744. The first-order valence-corrected chi connectivity index (χ1v) is 4.36. The molecule has 0 aliphatic rings. The molecule has 2 nitrogen and oxygen atoms in total. The Bertz CT molecular complexity index is 325. The van der Waals surface area contributed by atoms with Gasteiger partial charge in [0.25, 0.3) is 0 Å². The van der Waals surface area contributed by atoms with E-state index in [0.717, 1.165) is 5.56 Å². The van der Waals surface area contributed by atoms with Gasteiger partial charge in [0, 0.05) is 0 Å². The maximum atomic E-state index is 13.3. The van der Waals surface area contributed by atoms with Crippen molar-refractivity contribution in [1.29, 1.82) is 0 Å². The Morgan fingerprint density at radius 1 is 1.57 bits per heavy atom. The Hall–Kier alpha value is -1.35. The highest BCUT2D eigenvalue weighted by Gasteiger charge is 2.08. The van der Waals surface area contributed by atoms with E-state index in [0.29, 0.717) is 0 Å². The Balaban J connectivity index is 3.01. The topological polar surface area (TPSA) is 21.3 Å². The van der Waals surface area contributed by atoms with Gasteiger partial charge in [-0.3, -0.25) is 0 Å². The van der Waals surface area contributed by atoms with Crippen molar-refractivity contribution in [2.45, 2.75) is 6.04 Å². The summed E-state index contributed by atoms with van der Waals surface area (Å²) in [5, 5.41) is 3.01. The highest BCUT2D eigenvalue weighted by atomic mass is 19.1. The van der Waals surface area contributed by atoms with Crippen molar-refractivity contribution >= 4 is 0 Å². The lowest BCUT2D eigenvalue weighted by atomic mass is 10.1. The van der Waals surface area contributed by atoms with E-state index in [1.807, 2.05) is 6.07 Å². The zero-order valence-corrected chi connectivity index (χ0v) is 8.38. The number of benzene rings is 1. The molecule has 1 rings (SSSR count). The number of ether oxygens (including phenoxy) is 1. The maximum absolute atomic E-state index is 13.3. The highest BCUT2D eigenvalue weighted by molar-refractivity contribution is 5.32. The second-order valence-electron chi connectivity index (χ2n) is 2.90. The molecule has 1 atom stereocenters. The van der Waals surface area contributed by atoms with Crippen LogP contribution >= 0.6 is 0 Å². The average Bonchev–Trinajstić information content (AvgIpc) is 2.20. The number of hydrogen-bond acceptors (Lipinski definition) is 2. The molecule has 0 saturated carbocycles. The number of halogens is 1. The van der Waals surface area contributed by atoms with Crippen LogP contribution in [0, 0.1) is 5.82 Å². The predicted octanol–water partition coefficient (Wildman–Crippen LogP) is 2.28. The van der Waals surface area contributed by atoms with Gasteiger partial charge in [-0.2, -0.15) is 0 Å². The summed E-state index contributed by atoms with van der Waals surface area (Å²) in [6.07, 6.45) is 1.72. The lowest BCUT2D eigenvalue weighted by molar-refractivity contribution is 0.386. The molecular weight excluding hydrogens is 181 g/mol. The van der Waals surface area contributed by atoms with Crippen molar-refractivity contribution in [3.63, 3.8) is 0 Å². The second kappa shape index (κ2) is 4.77. The van der Waals surface area contributed by atoms with Crippen molar-refractivity contribution < 1.29 is 9.13 Å². The molecule has 0 spiro atoms. The molecule has 1 aromatic rings. The molecule has 0 aliphatic heterocycles. The third-order valence-electron chi connectivity index (χ3n) is 2.08. The molecule has 1 aromatic carbocycles. The van der Waals surface area contributed by atoms with Crippen LogP contribution in [-0.4, -0.2) is 14.2 Å². The van der Waals surface area contributed by atoms with Gasteiger partial charge in [-0.15, -0.1) is 6.58 Å².